The lowest BCUT2D eigenvalue weighted by atomic mass is 9.78. The molecule has 19 heavy (non-hydrogen) atoms. The zero-order chi connectivity index (χ0) is 13.7. The first kappa shape index (κ1) is 14.3. The molecular weight excluding hydrogens is 242 g/mol. The molecule has 2 fully saturated rings. The van der Waals surface area contributed by atoms with Gasteiger partial charge in [0.15, 0.2) is 0 Å². The van der Waals surface area contributed by atoms with Gasteiger partial charge in [0.2, 0.25) is 5.91 Å². The lowest BCUT2D eigenvalue weighted by Crippen LogP contribution is -2.52. The van der Waals surface area contributed by atoms with Crippen molar-refractivity contribution in [3.63, 3.8) is 0 Å². The highest BCUT2D eigenvalue weighted by Gasteiger charge is 2.33. The fraction of sp³-hybridized carbons (Fsp3) is 0.857. The van der Waals surface area contributed by atoms with Gasteiger partial charge in [0.25, 0.3) is 0 Å². The first-order chi connectivity index (χ1) is 9.20. The molecule has 2 rings (SSSR count). The highest BCUT2D eigenvalue weighted by atomic mass is 16.2. The SMILES string of the molecule is CCNC(=O)NC(=O)CN1CCCC2CCCCC21. The minimum atomic E-state index is -0.385. The molecule has 2 unspecified atom stereocenters. The highest BCUT2D eigenvalue weighted by Crippen LogP contribution is 2.34. The second-order valence-electron chi connectivity index (χ2n) is 5.63. The standard InChI is InChI=1S/C14H25N3O2/c1-2-15-14(19)16-13(18)10-17-9-5-7-11-6-3-4-8-12(11)17/h11-12H,2-10H2,1H3,(H2,15,16,18,19). The van der Waals surface area contributed by atoms with E-state index >= 15 is 0 Å². The molecule has 1 aliphatic carbocycles. The molecule has 2 N–H and O–H groups in total. The Morgan fingerprint density at radius 3 is 2.68 bits per heavy atom. The number of amides is 3. The molecular formula is C14H25N3O2. The summed E-state index contributed by atoms with van der Waals surface area (Å²) in [6.45, 7) is 3.72. The van der Waals surface area contributed by atoms with E-state index in [0.717, 1.165) is 12.5 Å². The van der Waals surface area contributed by atoms with Crippen LogP contribution in [0.2, 0.25) is 0 Å². The van der Waals surface area contributed by atoms with Crippen molar-refractivity contribution in [2.45, 2.75) is 51.5 Å². The predicted molar refractivity (Wildman–Crippen MR) is 73.8 cm³/mol. The van der Waals surface area contributed by atoms with Gasteiger partial charge in [-0.05, 0) is 45.1 Å². The maximum Gasteiger partial charge on any atom is 0.321 e. The van der Waals surface area contributed by atoms with E-state index in [4.69, 9.17) is 0 Å². The van der Waals surface area contributed by atoms with Crippen molar-refractivity contribution in [3.05, 3.63) is 0 Å². The van der Waals surface area contributed by atoms with Gasteiger partial charge in [-0.15, -0.1) is 0 Å². The van der Waals surface area contributed by atoms with Crippen LogP contribution in [-0.2, 0) is 4.79 Å². The second-order valence-corrected chi connectivity index (χ2v) is 5.63. The summed E-state index contributed by atoms with van der Waals surface area (Å²) in [5, 5.41) is 4.97. The van der Waals surface area contributed by atoms with Gasteiger partial charge in [0.1, 0.15) is 0 Å². The number of piperidine rings is 1. The van der Waals surface area contributed by atoms with Crippen molar-refractivity contribution < 1.29 is 9.59 Å². The number of rotatable bonds is 3. The Labute approximate surface area is 115 Å². The van der Waals surface area contributed by atoms with Crippen LogP contribution in [0.15, 0.2) is 0 Å². The fourth-order valence-corrected chi connectivity index (χ4v) is 3.48. The van der Waals surface area contributed by atoms with Crippen LogP contribution >= 0.6 is 0 Å². The second kappa shape index (κ2) is 6.89. The summed E-state index contributed by atoms with van der Waals surface area (Å²) in [7, 11) is 0. The Morgan fingerprint density at radius 2 is 1.89 bits per heavy atom. The van der Waals surface area contributed by atoms with Crippen LogP contribution in [0.4, 0.5) is 4.79 Å². The van der Waals surface area contributed by atoms with Gasteiger partial charge in [-0.25, -0.2) is 4.79 Å². The summed E-state index contributed by atoms with van der Waals surface area (Å²) in [6, 6.07) is 0.173. The van der Waals surface area contributed by atoms with E-state index in [9.17, 15) is 9.59 Å². The van der Waals surface area contributed by atoms with Crippen molar-refractivity contribution in [1.82, 2.24) is 15.5 Å². The van der Waals surface area contributed by atoms with E-state index in [0.29, 0.717) is 19.1 Å². The number of likely N-dealkylation sites (tertiary alicyclic amines) is 1. The van der Waals surface area contributed by atoms with Gasteiger partial charge in [-0.1, -0.05) is 12.8 Å². The van der Waals surface area contributed by atoms with Gasteiger partial charge in [-0.3, -0.25) is 15.0 Å². The fourth-order valence-electron chi connectivity index (χ4n) is 3.48. The number of nitrogens with zero attached hydrogens (tertiary/aromatic N) is 1. The molecule has 1 heterocycles. The number of fused-ring (bicyclic) bond motifs is 1. The van der Waals surface area contributed by atoms with Gasteiger partial charge < -0.3 is 5.32 Å². The topological polar surface area (TPSA) is 61.4 Å². The number of carbonyl (C=O) groups is 2. The molecule has 2 atom stereocenters. The molecule has 5 heteroatoms. The summed E-state index contributed by atoms with van der Waals surface area (Å²) < 4.78 is 0. The van der Waals surface area contributed by atoms with E-state index in [2.05, 4.69) is 15.5 Å². The monoisotopic (exact) mass is 267 g/mol. The van der Waals surface area contributed by atoms with E-state index < -0.39 is 0 Å². The lowest BCUT2D eigenvalue weighted by molar-refractivity contribution is -0.122. The number of urea groups is 1. The number of carbonyl (C=O) groups excluding carboxylic acids is 2. The third kappa shape index (κ3) is 3.93. The maximum absolute atomic E-state index is 11.9. The van der Waals surface area contributed by atoms with E-state index in [-0.39, 0.29) is 11.9 Å². The first-order valence-corrected chi connectivity index (χ1v) is 7.52. The average molecular weight is 267 g/mol. The van der Waals surface area contributed by atoms with Crippen LogP contribution in [0.5, 0.6) is 0 Å². The van der Waals surface area contributed by atoms with Crippen LogP contribution in [-0.4, -0.2) is 42.5 Å². The van der Waals surface area contributed by atoms with E-state index in [1.54, 1.807) is 0 Å². The van der Waals surface area contributed by atoms with Crippen LogP contribution in [0.1, 0.15) is 45.4 Å². The Balaban J connectivity index is 1.83. The quantitative estimate of drug-likeness (QED) is 0.814. The molecule has 3 amide bonds. The molecule has 0 radical (unpaired) electrons. The van der Waals surface area contributed by atoms with Gasteiger partial charge in [0, 0.05) is 12.6 Å². The summed E-state index contributed by atoms with van der Waals surface area (Å²) in [4.78, 5) is 25.5. The van der Waals surface area contributed by atoms with Gasteiger partial charge in [-0.2, -0.15) is 0 Å². The minimum absolute atomic E-state index is 0.183. The molecule has 1 saturated carbocycles. The van der Waals surface area contributed by atoms with Crippen molar-refractivity contribution >= 4 is 11.9 Å². The van der Waals surface area contributed by atoms with Gasteiger partial charge >= 0.3 is 6.03 Å². The molecule has 1 saturated heterocycles. The molecule has 0 bridgehead atoms. The number of imide groups is 1. The molecule has 0 aromatic heterocycles. The highest BCUT2D eigenvalue weighted by molar-refractivity contribution is 5.95. The van der Waals surface area contributed by atoms with E-state index in [1.807, 2.05) is 6.92 Å². The average Bonchev–Trinajstić information content (AvgIpc) is 2.39. The van der Waals surface area contributed by atoms with Crippen LogP contribution in [0.3, 0.4) is 0 Å². The summed E-state index contributed by atoms with van der Waals surface area (Å²) in [6.07, 6.45) is 7.60. The normalized spacial score (nSPS) is 27.4. The smallest absolute Gasteiger partial charge is 0.321 e. The largest absolute Gasteiger partial charge is 0.338 e. The van der Waals surface area contributed by atoms with Gasteiger partial charge in [0.05, 0.1) is 6.54 Å². The minimum Gasteiger partial charge on any atom is -0.338 e. The number of hydrogen-bond donors (Lipinski definition) is 2. The van der Waals surface area contributed by atoms with Crippen molar-refractivity contribution in [1.29, 1.82) is 0 Å². The molecule has 0 aromatic carbocycles. The van der Waals surface area contributed by atoms with Crippen molar-refractivity contribution in [3.8, 4) is 0 Å². The number of nitrogens with one attached hydrogen (secondary N) is 2. The molecule has 1 aliphatic heterocycles. The Kier molecular flexibility index (Phi) is 5.19. The molecule has 108 valence electrons. The summed E-state index contributed by atoms with van der Waals surface area (Å²) in [5.74, 6) is 0.581. The number of hydrogen-bond acceptors (Lipinski definition) is 3. The third-order valence-electron chi connectivity index (χ3n) is 4.30. The van der Waals surface area contributed by atoms with Crippen molar-refractivity contribution in [2.75, 3.05) is 19.6 Å². The maximum atomic E-state index is 11.9. The lowest BCUT2D eigenvalue weighted by Gasteiger charge is -2.43. The molecule has 5 nitrogen and oxygen atoms in total. The zero-order valence-electron chi connectivity index (χ0n) is 11.8. The van der Waals surface area contributed by atoms with Crippen LogP contribution in [0, 0.1) is 5.92 Å². The summed E-state index contributed by atoms with van der Waals surface area (Å²) in [5.41, 5.74) is 0. The zero-order valence-corrected chi connectivity index (χ0v) is 11.8. The third-order valence-corrected chi connectivity index (χ3v) is 4.30. The molecule has 2 aliphatic rings. The van der Waals surface area contributed by atoms with E-state index in [1.165, 1.54) is 38.5 Å². The van der Waals surface area contributed by atoms with Crippen molar-refractivity contribution in [2.24, 2.45) is 5.92 Å². The van der Waals surface area contributed by atoms with Crippen LogP contribution in [0.25, 0.3) is 0 Å². The van der Waals surface area contributed by atoms with Crippen LogP contribution < -0.4 is 10.6 Å². The first-order valence-electron chi connectivity index (χ1n) is 7.52. The Morgan fingerprint density at radius 1 is 1.16 bits per heavy atom. The molecule has 0 aromatic rings. The predicted octanol–water partition coefficient (Wildman–Crippen LogP) is 1.49. The Hall–Kier alpha value is -1.10. The summed E-state index contributed by atoms with van der Waals surface area (Å²) >= 11 is 0. The molecule has 0 spiro atoms. The Bertz CT molecular complexity index is 331.